The number of amides is 1. The molecular formula is C27H29N5O3. The molecule has 1 aliphatic rings. The lowest BCUT2D eigenvalue weighted by molar-refractivity contribution is 0.0635. The molecule has 180 valence electrons. The SMILES string of the molecule is COc1ccc(-c2c(C)c(-c3nnc(C)o3)nn2-c2ccc(C(=O)N3CCCCC3C)cc2)cc1. The number of rotatable bonds is 5. The van der Waals surface area contributed by atoms with Crippen LogP contribution in [0.1, 0.15) is 48.0 Å². The first-order valence-corrected chi connectivity index (χ1v) is 11.9. The highest BCUT2D eigenvalue weighted by Crippen LogP contribution is 2.34. The van der Waals surface area contributed by atoms with Crippen LogP contribution in [0.15, 0.2) is 52.9 Å². The van der Waals surface area contributed by atoms with Gasteiger partial charge in [0.1, 0.15) is 5.75 Å². The predicted molar refractivity (Wildman–Crippen MR) is 133 cm³/mol. The van der Waals surface area contributed by atoms with Crippen molar-refractivity contribution in [2.24, 2.45) is 0 Å². The van der Waals surface area contributed by atoms with Crippen LogP contribution in [0.25, 0.3) is 28.5 Å². The lowest BCUT2D eigenvalue weighted by atomic mass is 10.0. The molecule has 1 atom stereocenters. The molecule has 5 rings (SSSR count). The quantitative estimate of drug-likeness (QED) is 0.396. The number of carbonyl (C=O) groups excluding carboxylic acids is 1. The number of ether oxygens (including phenoxy) is 1. The Kier molecular flexibility index (Phi) is 6.11. The molecule has 8 heteroatoms. The summed E-state index contributed by atoms with van der Waals surface area (Å²) < 4.78 is 12.9. The summed E-state index contributed by atoms with van der Waals surface area (Å²) in [6.07, 6.45) is 3.29. The van der Waals surface area contributed by atoms with Gasteiger partial charge in [-0.05, 0) is 81.6 Å². The number of hydrogen-bond acceptors (Lipinski definition) is 6. The number of methoxy groups -OCH3 is 1. The zero-order valence-corrected chi connectivity index (χ0v) is 20.5. The summed E-state index contributed by atoms with van der Waals surface area (Å²) in [5.41, 5.74) is 4.94. The first-order valence-electron chi connectivity index (χ1n) is 11.9. The second-order valence-corrected chi connectivity index (χ2v) is 8.98. The van der Waals surface area contributed by atoms with E-state index in [0.717, 1.165) is 47.6 Å². The standard InChI is InChI=1S/C27H29N5O3/c1-17-7-5-6-16-31(17)27(33)21-8-12-22(13-9-21)32-25(20-10-14-23(34-4)15-11-20)18(2)24(30-32)26-29-28-19(3)35-26/h8-15,17H,5-7,16H2,1-4H3. The third kappa shape index (κ3) is 4.32. The highest BCUT2D eigenvalue weighted by Gasteiger charge is 2.25. The van der Waals surface area contributed by atoms with Gasteiger partial charge in [-0.25, -0.2) is 4.68 Å². The van der Waals surface area contributed by atoms with Gasteiger partial charge in [0.2, 0.25) is 5.89 Å². The minimum atomic E-state index is 0.0813. The van der Waals surface area contributed by atoms with E-state index in [1.807, 2.05) is 65.0 Å². The van der Waals surface area contributed by atoms with Crippen LogP contribution in [0.5, 0.6) is 5.75 Å². The maximum atomic E-state index is 13.1. The van der Waals surface area contributed by atoms with Crippen molar-refractivity contribution in [1.29, 1.82) is 0 Å². The van der Waals surface area contributed by atoms with E-state index in [1.165, 1.54) is 6.42 Å². The molecule has 1 amide bonds. The van der Waals surface area contributed by atoms with Crippen molar-refractivity contribution >= 4 is 5.91 Å². The molecule has 0 radical (unpaired) electrons. The topological polar surface area (TPSA) is 86.3 Å². The molecule has 35 heavy (non-hydrogen) atoms. The van der Waals surface area contributed by atoms with Crippen LogP contribution in [0, 0.1) is 13.8 Å². The molecule has 0 bridgehead atoms. The molecule has 3 heterocycles. The highest BCUT2D eigenvalue weighted by atomic mass is 16.5. The third-order valence-electron chi connectivity index (χ3n) is 6.64. The number of benzene rings is 2. The molecule has 1 fully saturated rings. The average molecular weight is 472 g/mol. The van der Waals surface area contributed by atoms with Gasteiger partial charge in [0.25, 0.3) is 11.8 Å². The molecular weight excluding hydrogens is 442 g/mol. The van der Waals surface area contributed by atoms with Crippen LogP contribution in [0.4, 0.5) is 0 Å². The minimum Gasteiger partial charge on any atom is -0.497 e. The molecule has 1 unspecified atom stereocenters. The zero-order chi connectivity index (χ0) is 24.5. The van der Waals surface area contributed by atoms with Crippen LogP contribution in [0.3, 0.4) is 0 Å². The summed E-state index contributed by atoms with van der Waals surface area (Å²) in [6, 6.07) is 15.7. The summed E-state index contributed by atoms with van der Waals surface area (Å²) in [6.45, 7) is 6.69. The Hall–Kier alpha value is -3.94. The molecule has 8 nitrogen and oxygen atoms in total. The highest BCUT2D eigenvalue weighted by molar-refractivity contribution is 5.94. The first-order chi connectivity index (χ1) is 17.0. The Bertz CT molecular complexity index is 1340. The van der Waals surface area contributed by atoms with Gasteiger partial charge in [-0.2, -0.15) is 5.10 Å². The average Bonchev–Trinajstić information content (AvgIpc) is 3.47. The fourth-order valence-electron chi connectivity index (χ4n) is 4.68. The number of piperidine rings is 1. The van der Waals surface area contributed by atoms with Crippen molar-refractivity contribution in [3.63, 3.8) is 0 Å². The molecule has 2 aromatic carbocycles. The van der Waals surface area contributed by atoms with Crippen LogP contribution >= 0.6 is 0 Å². The van der Waals surface area contributed by atoms with Gasteiger partial charge in [-0.15, -0.1) is 10.2 Å². The minimum absolute atomic E-state index is 0.0813. The second-order valence-electron chi connectivity index (χ2n) is 8.98. The maximum absolute atomic E-state index is 13.1. The largest absolute Gasteiger partial charge is 0.497 e. The first kappa shape index (κ1) is 22.8. The molecule has 0 saturated carbocycles. The molecule has 0 N–H and O–H groups in total. The van der Waals surface area contributed by atoms with E-state index in [4.69, 9.17) is 14.3 Å². The molecule has 4 aromatic rings. The Morgan fingerprint density at radius 2 is 1.77 bits per heavy atom. The number of aromatic nitrogens is 4. The molecule has 1 aliphatic heterocycles. The number of aryl methyl sites for hydroxylation is 1. The van der Waals surface area contributed by atoms with Crippen molar-refractivity contribution in [2.45, 2.75) is 46.1 Å². The van der Waals surface area contributed by atoms with Crippen LogP contribution in [-0.4, -0.2) is 50.5 Å². The van der Waals surface area contributed by atoms with Gasteiger partial charge < -0.3 is 14.1 Å². The summed E-state index contributed by atoms with van der Waals surface area (Å²) in [5.74, 6) is 1.71. The van der Waals surface area contributed by atoms with E-state index in [1.54, 1.807) is 14.0 Å². The Labute approximate surface area is 204 Å². The number of carbonyl (C=O) groups is 1. The van der Waals surface area contributed by atoms with Gasteiger partial charge >= 0.3 is 0 Å². The lowest BCUT2D eigenvalue weighted by Crippen LogP contribution is -2.42. The summed E-state index contributed by atoms with van der Waals surface area (Å²) >= 11 is 0. The van der Waals surface area contributed by atoms with Gasteiger partial charge in [0.15, 0.2) is 5.69 Å². The van der Waals surface area contributed by atoms with E-state index in [-0.39, 0.29) is 11.9 Å². The third-order valence-corrected chi connectivity index (χ3v) is 6.64. The van der Waals surface area contributed by atoms with Gasteiger partial charge in [-0.3, -0.25) is 4.79 Å². The zero-order valence-electron chi connectivity index (χ0n) is 20.5. The van der Waals surface area contributed by atoms with Crippen molar-refractivity contribution < 1.29 is 13.9 Å². The number of hydrogen-bond donors (Lipinski definition) is 0. The smallest absolute Gasteiger partial charge is 0.268 e. The van der Waals surface area contributed by atoms with Crippen LogP contribution < -0.4 is 4.74 Å². The van der Waals surface area contributed by atoms with Crippen molar-refractivity contribution in [1.82, 2.24) is 24.9 Å². The van der Waals surface area contributed by atoms with Crippen molar-refractivity contribution in [3.8, 4) is 34.3 Å². The molecule has 2 aromatic heterocycles. The number of nitrogens with zero attached hydrogens (tertiary/aromatic N) is 5. The number of likely N-dealkylation sites (tertiary alicyclic amines) is 1. The normalized spacial score (nSPS) is 15.9. The van der Waals surface area contributed by atoms with E-state index >= 15 is 0 Å². The van der Waals surface area contributed by atoms with Gasteiger partial charge in [-0.1, -0.05) is 0 Å². The van der Waals surface area contributed by atoms with E-state index < -0.39 is 0 Å². The molecule has 0 aliphatic carbocycles. The fraction of sp³-hybridized carbons (Fsp3) is 0.333. The summed E-state index contributed by atoms with van der Waals surface area (Å²) in [5, 5.41) is 13.0. The van der Waals surface area contributed by atoms with Crippen molar-refractivity contribution in [2.75, 3.05) is 13.7 Å². The van der Waals surface area contributed by atoms with Crippen LogP contribution in [0.2, 0.25) is 0 Å². The fourth-order valence-corrected chi connectivity index (χ4v) is 4.68. The van der Waals surface area contributed by atoms with Crippen molar-refractivity contribution in [3.05, 3.63) is 65.5 Å². The van der Waals surface area contributed by atoms with E-state index in [2.05, 4.69) is 17.1 Å². The van der Waals surface area contributed by atoms with Gasteiger partial charge in [0, 0.05) is 36.2 Å². The predicted octanol–water partition coefficient (Wildman–Crippen LogP) is 5.23. The summed E-state index contributed by atoms with van der Waals surface area (Å²) in [7, 11) is 1.65. The maximum Gasteiger partial charge on any atom is 0.268 e. The Morgan fingerprint density at radius 1 is 1.03 bits per heavy atom. The monoisotopic (exact) mass is 471 g/mol. The Morgan fingerprint density at radius 3 is 2.40 bits per heavy atom. The van der Waals surface area contributed by atoms with E-state index in [0.29, 0.717) is 23.0 Å². The van der Waals surface area contributed by atoms with Crippen LogP contribution in [-0.2, 0) is 0 Å². The molecule has 1 saturated heterocycles. The lowest BCUT2D eigenvalue weighted by Gasteiger charge is -2.33. The van der Waals surface area contributed by atoms with E-state index in [9.17, 15) is 4.79 Å². The Balaban J connectivity index is 1.55. The van der Waals surface area contributed by atoms with Gasteiger partial charge in [0.05, 0.1) is 18.5 Å². The summed E-state index contributed by atoms with van der Waals surface area (Å²) in [4.78, 5) is 15.1. The second kappa shape index (κ2) is 9.37. The molecule has 0 spiro atoms.